The normalized spacial score (nSPS) is 14.7. The summed E-state index contributed by atoms with van der Waals surface area (Å²) in [7, 11) is -5.78. The molecule has 20 nitrogen and oxygen atoms in total. The fourth-order valence-corrected chi connectivity index (χ4v) is 8.00. The van der Waals surface area contributed by atoms with Gasteiger partial charge in [0, 0.05) is 7.11 Å². The summed E-state index contributed by atoms with van der Waals surface area (Å²) in [6, 6.07) is 12.0. The molecule has 406 valence electrons. The number of ether oxygens (including phenoxy) is 2. The third kappa shape index (κ3) is 22.2. The highest BCUT2D eigenvalue weighted by Gasteiger charge is 2.45. The number of anilines is 2. The van der Waals surface area contributed by atoms with Gasteiger partial charge >= 0.3 is 18.2 Å². The molecule has 2 aromatic carbocycles. The van der Waals surface area contributed by atoms with Crippen molar-refractivity contribution in [1.82, 2.24) is 24.6 Å². The number of carbonyl (C=O) groups is 3. The van der Waals surface area contributed by atoms with Gasteiger partial charge in [0.25, 0.3) is 5.91 Å². The standard InChI is InChI=1S/C14H20ClNO2.C11H10Cl2F2N4O3S.C11H13Cl2NO3.C3H8NO5P.C3H9S/c1-4-11-7-6-8-12(5-2)14(11)16(10-18-3)13(17)9-15;1-5-16-19(11(20)18(5)10(14)15)9-4-8(17-23(2,21)22)6(12)3-7(9)13;1-11(2)14(10(15)9(12)13)6-8(17-11)7-4-3-5-16-7;5-3(6)1-4-2-10(7,8)9;1-4(2)3/h6-8H,4-5,9-10H2,1-3H3;3-4,10,17H,1-2H3;3-5,8-9H,6H2,1-2H3;4H,1-2H2,(H,5,6)(H2,7,8,9);1-3H3/q;;;;+1/p-1. The van der Waals surface area contributed by atoms with Crippen LogP contribution in [0, 0.1) is 6.92 Å². The number of amides is 2. The summed E-state index contributed by atoms with van der Waals surface area (Å²) in [5.41, 5.74) is 1.23. The molecule has 5 rings (SSSR count). The number of aromatic nitrogens is 3. The van der Waals surface area contributed by atoms with E-state index in [0.29, 0.717) is 27.9 Å². The van der Waals surface area contributed by atoms with Gasteiger partial charge in [-0.15, -0.1) is 16.7 Å². The number of furan rings is 1. The topological polar surface area (TPSA) is 268 Å². The number of rotatable bonds is 16. The van der Waals surface area contributed by atoms with E-state index >= 15 is 0 Å². The number of benzene rings is 2. The lowest BCUT2D eigenvalue weighted by molar-refractivity contribution is -0.193. The molecule has 1 aliphatic heterocycles. The summed E-state index contributed by atoms with van der Waals surface area (Å²) < 4.78 is 77.4. The van der Waals surface area contributed by atoms with Gasteiger partial charge in [0.05, 0.1) is 77.8 Å². The molecular formula is C42H59Cl5F2N7O13PS2. The molecule has 0 aliphatic carbocycles. The molecule has 3 heterocycles. The number of carboxylic acids is 1. The van der Waals surface area contributed by atoms with E-state index in [1.165, 1.54) is 17.9 Å². The highest BCUT2D eigenvalue weighted by atomic mass is 35.5. The molecule has 2 unspecified atom stereocenters. The summed E-state index contributed by atoms with van der Waals surface area (Å²) in [4.78, 5) is 65.6. The summed E-state index contributed by atoms with van der Waals surface area (Å²) in [5, 5.41) is 13.6. The van der Waals surface area contributed by atoms with Crippen LogP contribution in [0.3, 0.4) is 0 Å². The number of carboxylic acid groups (broad SMARTS) is 1. The molecular weight excluding hydrogens is 1120 g/mol. The molecule has 4 aromatic rings. The number of hydrogen-bond acceptors (Lipinski definition) is 13. The number of alkyl halides is 5. The quantitative estimate of drug-likeness (QED) is 0.0390. The van der Waals surface area contributed by atoms with Gasteiger partial charge in [-0.3, -0.25) is 29.3 Å². The SMILES string of the molecule is CC1(C)OC(c2ccco2)CN1C(=O)C(Cl)Cl.CCc1cccc(CC)c1N(COC)C(=O)CCl.C[S+](C)C.Cc1nn(-c2cc(NS(C)(=O)=O)c(Cl)cc2Cl)c(=O)n1C(F)F.O=C(O)CNCP(=O)([O-])O. The van der Waals surface area contributed by atoms with Crippen molar-refractivity contribution in [3.8, 4) is 5.69 Å². The average Bonchev–Trinajstić information content (AvgIpc) is 3.99. The van der Waals surface area contributed by atoms with Crippen molar-refractivity contribution < 1.29 is 64.9 Å². The Balaban J connectivity index is 0.000000482. The Hall–Kier alpha value is -3.49. The first kappa shape index (κ1) is 66.5. The monoisotopic (exact) mass is 1180 g/mol. The molecule has 2 amide bonds. The number of hydrogen-bond donors (Lipinski definition) is 4. The molecule has 0 spiro atoms. The number of sulfonamides is 1. The minimum absolute atomic E-state index is 0.0257. The van der Waals surface area contributed by atoms with Crippen LogP contribution in [-0.4, -0.2) is 130 Å². The Morgan fingerprint density at radius 1 is 1.08 bits per heavy atom. The second kappa shape index (κ2) is 30.8. The van der Waals surface area contributed by atoms with Crippen LogP contribution < -0.4 is 25.5 Å². The van der Waals surface area contributed by atoms with Crippen LogP contribution in [-0.2, 0) is 62.2 Å². The zero-order valence-corrected chi connectivity index (χ0v) is 47.1. The molecule has 1 saturated heterocycles. The fraction of sp³-hybridized carbons (Fsp3) is 0.500. The molecule has 72 heavy (non-hydrogen) atoms. The number of nitrogens with one attached hydrogen (secondary N) is 2. The van der Waals surface area contributed by atoms with Gasteiger partial charge in [0.1, 0.15) is 43.6 Å². The number of aliphatic carboxylic acids is 1. The van der Waals surface area contributed by atoms with Gasteiger partial charge in [-0.2, -0.15) is 13.5 Å². The van der Waals surface area contributed by atoms with Crippen molar-refractivity contribution in [2.24, 2.45) is 0 Å². The minimum Gasteiger partial charge on any atom is -0.778 e. The van der Waals surface area contributed by atoms with Gasteiger partial charge in [0.2, 0.25) is 15.9 Å². The first-order valence-corrected chi connectivity index (χ1v) is 29.2. The second-order valence-corrected chi connectivity index (χ2v) is 23.7. The van der Waals surface area contributed by atoms with Crippen molar-refractivity contribution in [2.45, 2.75) is 70.7 Å². The van der Waals surface area contributed by atoms with Crippen molar-refractivity contribution >= 4 is 116 Å². The van der Waals surface area contributed by atoms with E-state index in [4.69, 9.17) is 81.9 Å². The number of methoxy groups -OCH3 is 1. The lowest BCUT2D eigenvalue weighted by atomic mass is 10.0. The molecule has 1 fully saturated rings. The fourth-order valence-electron chi connectivity index (χ4n) is 6.09. The van der Waals surface area contributed by atoms with Gasteiger partial charge in [-0.25, -0.2) is 17.8 Å². The van der Waals surface area contributed by atoms with Crippen LogP contribution in [0.4, 0.5) is 20.2 Å². The van der Waals surface area contributed by atoms with E-state index < -0.39 is 59.2 Å². The maximum Gasteiger partial charge on any atom is 0.355 e. The minimum atomic E-state index is -4.35. The summed E-state index contributed by atoms with van der Waals surface area (Å²) in [6.07, 6.45) is 9.81. The van der Waals surface area contributed by atoms with Crippen molar-refractivity contribution in [3.05, 3.63) is 92.0 Å². The predicted octanol–water partition coefficient (Wildman–Crippen LogP) is 6.78. The molecule has 2 atom stereocenters. The van der Waals surface area contributed by atoms with Gasteiger partial charge in [0.15, 0.2) is 4.84 Å². The molecule has 4 N–H and O–H groups in total. The molecule has 0 saturated carbocycles. The molecule has 1 aliphatic rings. The first-order chi connectivity index (χ1) is 33.3. The molecule has 2 aromatic heterocycles. The third-order valence-corrected chi connectivity index (χ3v) is 11.4. The van der Waals surface area contributed by atoms with Crippen LogP contribution in [0.2, 0.25) is 10.0 Å². The largest absolute Gasteiger partial charge is 0.778 e. The van der Waals surface area contributed by atoms with Crippen LogP contribution in [0.1, 0.15) is 63.1 Å². The number of halogens is 7. The van der Waals surface area contributed by atoms with E-state index in [1.54, 1.807) is 38.2 Å². The Morgan fingerprint density at radius 3 is 2.07 bits per heavy atom. The van der Waals surface area contributed by atoms with Gasteiger partial charge in [-0.05, 0) is 79.9 Å². The Labute approximate surface area is 444 Å². The first-order valence-electron chi connectivity index (χ1n) is 20.9. The van der Waals surface area contributed by atoms with Crippen LogP contribution in [0.5, 0.6) is 0 Å². The van der Waals surface area contributed by atoms with E-state index in [0.717, 1.165) is 42.0 Å². The smallest absolute Gasteiger partial charge is 0.355 e. The van der Waals surface area contributed by atoms with Crippen molar-refractivity contribution in [1.29, 1.82) is 0 Å². The molecule has 0 radical (unpaired) electrons. The Bertz CT molecular complexity index is 2580. The van der Waals surface area contributed by atoms with Crippen molar-refractivity contribution in [2.75, 3.05) is 73.7 Å². The lowest BCUT2D eigenvalue weighted by Crippen LogP contribution is -2.45. The van der Waals surface area contributed by atoms with E-state index in [2.05, 4.69) is 42.4 Å². The summed E-state index contributed by atoms with van der Waals surface area (Å²) in [6.45, 7) is 6.04. The predicted molar refractivity (Wildman–Crippen MR) is 277 cm³/mol. The summed E-state index contributed by atoms with van der Waals surface area (Å²) in [5.74, 6) is -1.23. The van der Waals surface area contributed by atoms with Crippen LogP contribution >= 0.6 is 65.6 Å². The van der Waals surface area contributed by atoms with E-state index in [1.807, 2.05) is 29.6 Å². The highest BCUT2D eigenvalue weighted by molar-refractivity contribution is 7.94. The van der Waals surface area contributed by atoms with E-state index in [9.17, 15) is 45.8 Å². The zero-order chi connectivity index (χ0) is 55.5. The zero-order valence-electron chi connectivity index (χ0n) is 40.8. The van der Waals surface area contributed by atoms with Gasteiger partial charge < -0.3 is 38.2 Å². The van der Waals surface area contributed by atoms with Crippen LogP contribution in [0.25, 0.3) is 5.69 Å². The Kier molecular flexibility index (Phi) is 28.4. The highest BCUT2D eigenvalue weighted by Crippen LogP contribution is 2.37. The van der Waals surface area contributed by atoms with Crippen molar-refractivity contribution in [3.63, 3.8) is 0 Å². The summed E-state index contributed by atoms with van der Waals surface area (Å²) >= 11 is 28.7. The maximum atomic E-state index is 12.8. The third-order valence-electron chi connectivity index (χ3n) is 8.97. The number of carbonyl (C=O) groups excluding carboxylic acids is 2. The molecule has 0 bridgehead atoms. The number of nitrogens with zero attached hydrogens (tertiary/aromatic N) is 5. The Morgan fingerprint density at radius 2 is 1.65 bits per heavy atom. The van der Waals surface area contributed by atoms with Crippen LogP contribution in [0.15, 0.2) is 57.9 Å². The lowest BCUT2D eigenvalue weighted by Gasteiger charge is -2.29. The van der Waals surface area contributed by atoms with E-state index in [-0.39, 0.29) is 62.3 Å². The van der Waals surface area contributed by atoms with Gasteiger partial charge in [-0.1, -0.05) is 78.5 Å². The second-order valence-electron chi connectivity index (χ2n) is 15.7. The number of aryl methyl sites for hydroxylation is 3. The average molecular weight is 1180 g/mol. The maximum absolute atomic E-state index is 12.8. The number of para-hydroxylation sites is 1. The molecule has 30 heteroatoms.